The summed E-state index contributed by atoms with van der Waals surface area (Å²) in [7, 11) is 0. The first-order valence-corrected chi connectivity index (χ1v) is 6.52. The third kappa shape index (κ3) is 1.71. The van der Waals surface area contributed by atoms with Gasteiger partial charge in [-0.15, -0.1) is 0 Å². The van der Waals surface area contributed by atoms with E-state index >= 15 is 0 Å². The molecule has 0 atom stereocenters. The van der Waals surface area contributed by atoms with Crippen molar-refractivity contribution in [2.75, 3.05) is 0 Å². The first kappa shape index (κ1) is 11.7. The van der Waals surface area contributed by atoms with Crippen LogP contribution in [-0.4, -0.2) is 19.7 Å². The number of nitrogens with one attached hydrogen (secondary N) is 1. The van der Waals surface area contributed by atoms with Crippen molar-refractivity contribution in [3.8, 4) is 16.9 Å². The lowest BCUT2D eigenvalue weighted by molar-refractivity contribution is 0.475. The van der Waals surface area contributed by atoms with Crippen molar-refractivity contribution in [1.82, 2.24) is 14.6 Å². The molecule has 5 heteroatoms. The van der Waals surface area contributed by atoms with E-state index in [1.165, 1.54) is 0 Å². The van der Waals surface area contributed by atoms with E-state index in [0.717, 1.165) is 22.0 Å². The maximum absolute atomic E-state index is 11.9. The molecule has 0 aliphatic rings. The molecule has 0 fully saturated rings. The van der Waals surface area contributed by atoms with Crippen molar-refractivity contribution in [1.29, 1.82) is 0 Å². The number of nitrogens with zero attached hydrogens (tertiary/aromatic N) is 2. The van der Waals surface area contributed by atoms with Crippen molar-refractivity contribution in [3.63, 3.8) is 0 Å². The zero-order valence-electron chi connectivity index (χ0n) is 10.9. The second-order valence-electron chi connectivity index (χ2n) is 4.84. The average Bonchev–Trinajstić information content (AvgIpc) is 2.88. The number of hydrogen-bond acceptors (Lipinski definition) is 3. The highest BCUT2D eigenvalue weighted by Gasteiger charge is 2.09. The van der Waals surface area contributed by atoms with Gasteiger partial charge in [0.25, 0.3) is 0 Å². The summed E-state index contributed by atoms with van der Waals surface area (Å²) in [6.07, 6.45) is 0. The van der Waals surface area contributed by atoms with Crippen molar-refractivity contribution < 1.29 is 5.11 Å². The van der Waals surface area contributed by atoms with Crippen molar-refractivity contribution in [3.05, 3.63) is 65.1 Å². The van der Waals surface area contributed by atoms with Crippen LogP contribution in [0, 0.1) is 0 Å². The third-order valence-electron chi connectivity index (χ3n) is 3.58. The molecule has 4 rings (SSSR count). The Kier molecular flexibility index (Phi) is 2.35. The fraction of sp³-hybridized carbons (Fsp3) is 0. The molecule has 2 aromatic heterocycles. The molecular formula is C16H11N3O2. The highest BCUT2D eigenvalue weighted by molar-refractivity contribution is 5.96. The van der Waals surface area contributed by atoms with Gasteiger partial charge in [0.1, 0.15) is 5.75 Å². The Morgan fingerprint density at radius 1 is 1.05 bits per heavy atom. The van der Waals surface area contributed by atoms with E-state index in [1.54, 1.807) is 28.7 Å². The third-order valence-corrected chi connectivity index (χ3v) is 3.58. The molecule has 0 amide bonds. The van der Waals surface area contributed by atoms with Gasteiger partial charge >= 0.3 is 5.69 Å². The summed E-state index contributed by atoms with van der Waals surface area (Å²) >= 11 is 0. The van der Waals surface area contributed by atoms with E-state index < -0.39 is 0 Å². The van der Waals surface area contributed by atoms with Crippen LogP contribution in [0.1, 0.15) is 0 Å². The minimum absolute atomic E-state index is 0.214. The predicted molar refractivity (Wildman–Crippen MR) is 80.4 cm³/mol. The molecule has 0 bridgehead atoms. The molecule has 2 N–H and O–H groups in total. The largest absolute Gasteiger partial charge is 0.508 e. The van der Waals surface area contributed by atoms with Crippen LogP contribution < -0.4 is 5.69 Å². The highest BCUT2D eigenvalue weighted by atomic mass is 16.3. The normalized spacial score (nSPS) is 11.2. The Morgan fingerprint density at radius 3 is 2.76 bits per heavy atom. The van der Waals surface area contributed by atoms with Gasteiger partial charge in [0.2, 0.25) is 0 Å². The minimum atomic E-state index is -0.261. The molecular weight excluding hydrogens is 266 g/mol. The molecule has 0 unspecified atom stereocenters. The average molecular weight is 277 g/mol. The molecule has 0 radical (unpaired) electrons. The quantitative estimate of drug-likeness (QED) is 0.561. The van der Waals surface area contributed by atoms with Gasteiger partial charge in [0.15, 0.2) is 5.65 Å². The monoisotopic (exact) mass is 277 g/mol. The van der Waals surface area contributed by atoms with Crippen LogP contribution in [-0.2, 0) is 0 Å². The van der Waals surface area contributed by atoms with Gasteiger partial charge in [-0.1, -0.05) is 24.3 Å². The first-order valence-electron chi connectivity index (χ1n) is 6.52. The fourth-order valence-electron chi connectivity index (χ4n) is 2.66. The van der Waals surface area contributed by atoms with Crippen molar-refractivity contribution >= 4 is 16.6 Å². The molecule has 4 aromatic rings. The maximum Gasteiger partial charge on any atom is 0.348 e. The molecule has 2 heterocycles. The van der Waals surface area contributed by atoms with E-state index in [-0.39, 0.29) is 11.4 Å². The van der Waals surface area contributed by atoms with Crippen LogP contribution >= 0.6 is 0 Å². The number of phenolic OH excluding ortho intramolecular Hbond substituents is 1. The summed E-state index contributed by atoms with van der Waals surface area (Å²) in [4.78, 5) is 11.9. The SMILES string of the molecule is O=c1[nH]nc2ccc3c(-c4cccc(O)c4)cccc3n12. The fourth-order valence-corrected chi connectivity index (χ4v) is 2.66. The Balaban J connectivity index is 2.14. The minimum Gasteiger partial charge on any atom is -0.508 e. The number of aromatic nitrogens is 3. The number of aromatic amines is 1. The molecule has 21 heavy (non-hydrogen) atoms. The predicted octanol–water partition coefficient (Wildman–Crippen LogP) is 2.55. The van der Waals surface area contributed by atoms with Crippen LogP contribution in [0.2, 0.25) is 0 Å². The second kappa shape index (κ2) is 4.21. The zero-order chi connectivity index (χ0) is 14.4. The van der Waals surface area contributed by atoms with E-state index in [9.17, 15) is 9.90 Å². The lowest BCUT2D eigenvalue weighted by Gasteiger charge is -2.08. The van der Waals surface area contributed by atoms with Gasteiger partial charge in [-0.05, 0) is 41.5 Å². The van der Waals surface area contributed by atoms with Crippen molar-refractivity contribution in [2.24, 2.45) is 0 Å². The van der Waals surface area contributed by atoms with E-state index in [4.69, 9.17) is 0 Å². The smallest absolute Gasteiger partial charge is 0.348 e. The number of H-pyrrole nitrogens is 1. The van der Waals surface area contributed by atoms with Crippen molar-refractivity contribution in [2.45, 2.75) is 0 Å². The standard InChI is InChI=1S/C16H11N3O2/c20-11-4-1-3-10(9-11)12-5-2-6-14-13(12)7-8-15-17-18-16(21)19(14)15/h1-9,20H,(H,18,21). The van der Waals surface area contributed by atoms with Gasteiger partial charge in [-0.25, -0.2) is 14.3 Å². The number of hydrogen-bond donors (Lipinski definition) is 2. The number of rotatable bonds is 1. The molecule has 2 aromatic carbocycles. The molecule has 0 saturated carbocycles. The summed E-state index contributed by atoms with van der Waals surface area (Å²) in [6.45, 7) is 0. The van der Waals surface area contributed by atoms with Crippen LogP contribution in [0.3, 0.4) is 0 Å². The van der Waals surface area contributed by atoms with E-state index in [0.29, 0.717) is 5.65 Å². The Morgan fingerprint density at radius 2 is 1.90 bits per heavy atom. The van der Waals surface area contributed by atoms with Crippen LogP contribution in [0.5, 0.6) is 5.75 Å². The van der Waals surface area contributed by atoms with E-state index in [1.807, 2.05) is 30.3 Å². The summed E-state index contributed by atoms with van der Waals surface area (Å²) in [5.74, 6) is 0.214. The van der Waals surface area contributed by atoms with Crippen LogP contribution in [0.15, 0.2) is 59.4 Å². The van der Waals surface area contributed by atoms with Crippen LogP contribution in [0.4, 0.5) is 0 Å². The first-order chi connectivity index (χ1) is 10.2. The Labute approximate surface area is 119 Å². The number of aromatic hydroxyl groups is 1. The van der Waals surface area contributed by atoms with E-state index in [2.05, 4.69) is 10.2 Å². The van der Waals surface area contributed by atoms with Gasteiger partial charge in [0, 0.05) is 5.39 Å². The Bertz CT molecular complexity index is 1030. The maximum atomic E-state index is 11.9. The summed E-state index contributed by atoms with van der Waals surface area (Å²) in [6, 6.07) is 16.5. The number of pyridine rings is 1. The molecule has 0 aliphatic heterocycles. The number of fused-ring (bicyclic) bond motifs is 3. The lowest BCUT2D eigenvalue weighted by atomic mass is 10.0. The molecule has 0 spiro atoms. The number of benzene rings is 2. The molecule has 0 aliphatic carbocycles. The molecule has 0 saturated heterocycles. The highest BCUT2D eigenvalue weighted by Crippen LogP contribution is 2.30. The summed E-state index contributed by atoms with van der Waals surface area (Å²) < 4.78 is 1.54. The summed E-state index contributed by atoms with van der Waals surface area (Å²) in [5.41, 5.74) is 2.96. The summed E-state index contributed by atoms with van der Waals surface area (Å²) in [5, 5.41) is 17.0. The number of phenols is 1. The van der Waals surface area contributed by atoms with Gasteiger partial charge in [-0.2, -0.15) is 5.10 Å². The lowest BCUT2D eigenvalue weighted by Crippen LogP contribution is -2.09. The van der Waals surface area contributed by atoms with Crippen LogP contribution in [0.25, 0.3) is 27.7 Å². The van der Waals surface area contributed by atoms with Gasteiger partial charge < -0.3 is 5.11 Å². The molecule has 5 nitrogen and oxygen atoms in total. The Hall–Kier alpha value is -3.08. The zero-order valence-corrected chi connectivity index (χ0v) is 10.9. The van der Waals surface area contributed by atoms with Gasteiger partial charge in [-0.3, -0.25) is 0 Å². The second-order valence-corrected chi connectivity index (χ2v) is 4.84. The van der Waals surface area contributed by atoms with Gasteiger partial charge in [0.05, 0.1) is 5.52 Å². The topological polar surface area (TPSA) is 70.4 Å². The molecule has 102 valence electrons.